The number of hydrogen-bond donors (Lipinski definition) is 0. The van der Waals surface area contributed by atoms with Crippen molar-refractivity contribution in [2.45, 2.75) is 0 Å². The summed E-state index contributed by atoms with van der Waals surface area (Å²) < 4.78 is 0. The maximum atomic E-state index is 9.99. The molecule has 0 radical (unpaired) electrons. The maximum Gasteiger partial charge on any atom is 0.242 e. The molecule has 0 atom stereocenters. The molecule has 0 bridgehead atoms. The summed E-state index contributed by atoms with van der Waals surface area (Å²) >= 11 is 1.46. The molecule has 0 unspecified atom stereocenters. The molecule has 68 valence electrons. The SMILES string of the molecule is O=C=Nc1csc(-c2ccccc2)n1. The van der Waals surface area contributed by atoms with Crippen LogP contribution in [-0.4, -0.2) is 11.1 Å². The first-order chi connectivity index (χ1) is 6.90. The van der Waals surface area contributed by atoms with Gasteiger partial charge in [-0.2, -0.15) is 0 Å². The highest BCUT2D eigenvalue weighted by Crippen LogP contribution is 2.26. The van der Waals surface area contributed by atoms with Crippen LogP contribution < -0.4 is 0 Å². The van der Waals surface area contributed by atoms with Crippen LogP contribution in [0.25, 0.3) is 10.6 Å². The summed E-state index contributed by atoms with van der Waals surface area (Å²) in [6, 6.07) is 9.76. The first-order valence-corrected chi connectivity index (χ1v) is 4.87. The summed E-state index contributed by atoms with van der Waals surface area (Å²) in [5, 5.41) is 2.59. The molecule has 2 rings (SSSR count). The fourth-order valence-corrected chi connectivity index (χ4v) is 1.82. The molecule has 2 aromatic rings. The van der Waals surface area contributed by atoms with E-state index in [9.17, 15) is 4.79 Å². The molecule has 1 aromatic heterocycles. The largest absolute Gasteiger partial charge is 0.242 e. The summed E-state index contributed by atoms with van der Waals surface area (Å²) in [7, 11) is 0. The second-order valence-corrected chi connectivity index (χ2v) is 3.44. The van der Waals surface area contributed by atoms with Crippen molar-refractivity contribution in [3.8, 4) is 10.6 Å². The Labute approximate surface area is 84.8 Å². The molecule has 4 heteroatoms. The highest BCUT2D eigenvalue weighted by Gasteiger charge is 2.02. The third kappa shape index (κ3) is 1.76. The number of carbonyl (C=O) groups excluding carboxylic acids is 1. The van der Waals surface area contributed by atoms with Gasteiger partial charge in [0.1, 0.15) is 5.01 Å². The molecule has 0 amide bonds. The van der Waals surface area contributed by atoms with Gasteiger partial charge in [0.05, 0.1) is 0 Å². The van der Waals surface area contributed by atoms with Crippen LogP contribution in [0.2, 0.25) is 0 Å². The van der Waals surface area contributed by atoms with Crippen LogP contribution in [0, 0.1) is 0 Å². The van der Waals surface area contributed by atoms with Gasteiger partial charge >= 0.3 is 0 Å². The summed E-state index contributed by atoms with van der Waals surface area (Å²) in [4.78, 5) is 17.6. The van der Waals surface area contributed by atoms with Gasteiger partial charge in [-0.05, 0) is 0 Å². The number of nitrogens with zero attached hydrogens (tertiary/aromatic N) is 2. The van der Waals surface area contributed by atoms with Crippen LogP contribution >= 0.6 is 11.3 Å². The zero-order valence-electron chi connectivity index (χ0n) is 7.18. The minimum Gasteiger partial charge on any atom is -0.216 e. The van der Waals surface area contributed by atoms with Crippen molar-refractivity contribution >= 4 is 23.2 Å². The lowest BCUT2D eigenvalue weighted by Gasteiger charge is -1.92. The van der Waals surface area contributed by atoms with E-state index in [0.29, 0.717) is 5.82 Å². The van der Waals surface area contributed by atoms with Gasteiger partial charge in [0, 0.05) is 10.9 Å². The Kier molecular flexibility index (Phi) is 2.49. The van der Waals surface area contributed by atoms with Gasteiger partial charge in [0.2, 0.25) is 6.08 Å². The quantitative estimate of drug-likeness (QED) is 0.555. The third-order valence-corrected chi connectivity index (χ3v) is 2.55. The molecule has 0 N–H and O–H groups in total. The summed E-state index contributed by atoms with van der Waals surface area (Å²) in [5.41, 5.74) is 1.03. The summed E-state index contributed by atoms with van der Waals surface area (Å²) in [5.74, 6) is 0.420. The highest BCUT2D eigenvalue weighted by molar-refractivity contribution is 7.13. The van der Waals surface area contributed by atoms with E-state index in [0.717, 1.165) is 10.6 Å². The Bertz CT molecular complexity index is 472. The van der Waals surface area contributed by atoms with E-state index in [4.69, 9.17) is 0 Å². The van der Waals surface area contributed by atoms with Crippen molar-refractivity contribution in [2.75, 3.05) is 0 Å². The van der Waals surface area contributed by atoms with Gasteiger partial charge in [0.25, 0.3) is 0 Å². The van der Waals surface area contributed by atoms with E-state index < -0.39 is 0 Å². The number of isocyanates is 1. The smallest absolute Gasteiger partial charge is 0.216 e. The molecule has 0 fully saturated rings. The molecule has 1 aromatic carbocycles. The van der Waals surface area contributed by atoms with E-state index in [-0.39, 0.29) is 0 Å². The first kappa shape index (κ1) is 8.81. The zero-order valence-corrected chi connectivity index (χ0v) is 7.99. The first-order valence-electron chi connectivity index (χ1n) is 3.99. The number of rotatable bonds is 2. The lowest BCUT2D eigenvalue weighted by Crippen LogP contribution is -1.73. The Morgan fingerprint density at radius 1 is 1.29 bits per heavy atom. The molecular formula is C10H6N2OS. The van der Waals surface area contributed by atoms with Gasteiger partial charge in [-0.15, -0.1) is 16.3 Å². The van der Waals surface area contributed by atoms with E-state index in [2.05, 4.69) is 9.98 Å². The van der Waals surface area contributed by atoms with E-state index in [1.54, 1.807) is 5.38 Å². The average molecular weight is 202 g/mol. The Morgan fingerprint density at radius 3 is 2.79 bits per heavy atom. The monoisotopic (exact) mass is 202 g/mol. The topological polar surface area (TPSA) is 42.3 Å². The molecule has 14 heavy (non-hydrogen) atoms. The Balaban J connectivity index is 2.39. The number of aromatic nitrogens is 1. The minimum atomic E-state index is 0.420. The van der Waals surface area contributed by atoms with Crippen molar-refractivity contribution in [3.63, 3.8) is 0 Å². The van der Waals surface area contributed by atoms with E-state index >= 15 is 0 Å². The van der Waals surface area contributed by atoms with Crippen molar-refractivity contribution in [1.29, 1.82) is 0 Å². The standard InChI is InChI=1S/C10H6N2OS/c13-7-11-9-6-14-10(12-9)8-4-2-1-3-5-8/h1-6H. The number of benzene rings is 1. The lowest BCUT2D eigenvalue weighted by molar-refractivity contribution is 0.565. The molecule has 0 aliphatic carbocycles. The number of hydrogen-bond acceptors (Lipinski definition) is 4. The molecule has 1 heterocycles. The molecule has 0 aliphatic heterocycles. The van der Waals surface area contributed by atoms with Crippen LogP contribution in [0.4, 0.5) is 5.82 Å². The van der Waals surface area contributed by atoms with Crippen molar-refractivity contribution in [1.82, 2.24) is 4.98 Å². The molecule has 0 saturated heterocycles. The highest BCUT2D eigenvalue weighted by atomic mass is 32.1. The van der Waals surface area contributed by atoms with Crippen LogP contribution in [0.3, 0.4) is 0 Å². The van der Waals surface area contributed by atoms with E-state index in [1.807, 2.05) is 30.3 Å². The van der Waals surface area contributed by atoms with Crippen molar-refractivity contribution in [3.05, 3.63) is 35.7 Å². The maximum absolute atomic E-state index is 9.99. The van der Waals surface area contributed by atoms with Crippen LogP contribution in [0.5, 0.6) is 0 Å². The predicted octanol–water partition coefficient (Wildman–Crippen LogP) is 2.78. The van der Waals surface area contributed by atoms with Crippen LogP contribution in [0.1, 0.15) is 0 Å². The Hall–Kier alpha value is -1.77. The molecule has 0 aliphatic rings. The minimum absolute atomic E-state index is 0.420. The van der Waals surface area contributed by atoms with Gasteiger partial charge in [-0.3, -0.25) is 0 Å². The molecule has 3 nitrogen and oxygen atoms in total. The lowest BCUT2D eigenvalue weighted by atomic mass is 10.2. The zero-order chi connectivity index (χ0) is 9.80. The van der Waals surface area contributed by atoms with Crippen molar-refractivity contribution in [2.24, 2.45) is 4.99 Å². The average Bonchev–Trinajstić information content (AvgIpc) is 2.68. The fourth-order valence-electron chi connectivity index (χ4n) is 1.08. The van der Waals surface area contributed by atoms with Gasteiger partial charge in [0.15, 0.2) is 5.82 Å². The molecule has 0 saturated carbocycles. The normalized spacial score (nSPS) is 9.43. The second kappa shape index (κ2) is 3.96. The van der Waals surface area contributed by atoms with Crippen LogP contribution in [0.15, 0.2) is 40.7 Å². The Morgan fingerprint density at radius 2 is 2.07 bits per heavy atom. The molecular weight excluding hydrogens is 196 g/mol. The summed E-state index contributed by atoms with van der Waals surface area (Å²) in [6.45, 7) is 0. The van der Waals surface area contributed by atoms with Crippen LogP contribution in [-0.2, 0) is 4.79 Å². The third-order valence-electron chi connectivity index (χ3n) is 1.67. The number of aliphatic imine (C=N–C) groups is 1. The van der Waals surface area contributed by atoms with E-state index in [1.165, 1.54) is 17.4 Å². The van der Waals surface area contributed by atoms with Crippen molar-refractivity contribution < 1.29 is 4.79 Å². The van der Waals surface area contributed by atoms with Gasteiger partial charge < -0.3 is 0 Å². The predicted molar refractivity (Wildman–Crippen MR) is 55.3 cm³/mol. The second-order valence-electron chi connectivity index (χ2n) is 2.58. The summed E-state index contributed by atoms with van der Waals surface area (Å²) in [6.07, 6.45) is 1.47. The fraction of sp³-hybridized carbons (Fsp3) is 0. The molecule has 0 spiro atoms. The number of thiazole rings is 1. The van der Waals surface area contributed by atoms with Gasteiger partial charge in [-0.1, -0.05) is 30.3 Å². The van der Waals surface area contributed by atoms with Gasteiger partial charge in [-0.25, -0.2) is 9.78 Å².